The van der Waals surface area contributed by atoms with Gasteiger partial charge < -0.3 is 9.30 Å². The van der Waals surface area contributed by atoms with Crippen LogP contribution >= 0.6 is 0 Å². The first kappa shape index (κ1) is 19.1. The molecule has 4 rings (SSSR count). The van der Waals surface area contributed by atoms with E-state index in [1.807, 2.05) is 19.9 Å². The van der Waals surface area contributed by atoms with Gasteiger partial charge in [0.2, 0.25) is 5.78 Å². The molecule has 1 aromatic carbocycles. The van der Waals surface area contributed by atoms with Crippen LogP contribution in [-0.4, -0.2) is 45.7 Å². The van der Waals surface area contributed by atoms with E-state index in [9.17, 15) is 19.2 Å². The minimum Gasteiger partial charge on any atom is -0.456 e. The fourth-order valence-corrected chi connectivity index (χ4v) is 3.95. The Labute approximate surface area is 168 Å². The molecule has 2 amide bonds. The summed E-state index contributed by atoms with van der Waals surface area (Å²) in [7, 11) is 0. The van der Waals surface area contributed by atoms with Gasteiger partial charge in [-0.1, -0.05) is 12.1 Å². The molecule has 1 fully saturated rings. The number of hydrogen-bond donors (Lipinski definition) is 0. The van der Waals surface area contributed by atoms with Crippen molar-refractivity contribution in [3.05, 3.63) is 58.4 Å². The van der Waals surface area contributed by atoms with Gasteiger partial charge in [0.05, 0.1) is 11.1 Å². The van der Waals surface area contributed by atoms with Crippen LogP contribution in [0.25, 0.3) is 0 Å². The number of carbonyl (C=O) groups excluding carboxylic acids is 4. The molecule has 0 saturated heterocycles. The number of imide groups is 1. The molecule has 0 radical (unpaired) electrons. The molecule has 0 bridgehead atoms. The highest BCUT2D eigenvalue weighted by molar-refractivity contribution is 6.22. The third kappa shape index (κ3) is 3.16. The Morgan fingerprint density at radius 3 is 2.24 bits per heavy atom. The normalized spacial score (nSPS) is 16.7. The van der Waals surface area contributed by atoms with Gasteiger partial charge in [-0.2, -0.15) is 0 Å². The number of aromatic nitrogens is 1. The van der Waals surface area contributed by atoms with Crippen LogP contribution in [0.1, 0.15) is 68.3 Å². The van der Waals surface area contributed by atoms with Crippen LogP contribution in [0.3, 0.4) is 0 Å². The van der Waals surface area contributed by atoms with Crippen molar-refractivity contribution < 1.29 is 23.9 Å². The zero-order chi connectivity index (χ0) is 20.9. The topological polar surface area (TPSA) is 85.7 Å². The number of rotatable bonds is 6. The van der Waals surface area contributed by atoms with Crippen LogP contribution in [0.5, 0.6) is 0 Å². The number of esters is 1. The van der Waals surface area contributed by atoms with E-state index in [1.165, 1.54) is 6.92 Å². The Bertz CT molecular complexity index is 1010. The summed E-state index contributed by atoms with van der Waals surface area (Å²) < 4.78 is 7.31. The highest BCUT2D eigenvalue weighted by Gasteiger charge is 2.41. The second-order valence-electron chi connectivity index (χ2n) is 7.62. The maximum atomic E-state index is 12.6. The number of ketones is 1. The Kier molecular flexibility index (Phi) is 4.61. The number of aryl methyl sites for hydroxylation is 1. The van der Waals surface area contributed by atoms with Crippen molar-refractivity contribution >= 4 is 23.6 Å². The van der Waals surface area contributed by atoms with Crippen LogP contribution < -0.4 is 0 Å². The fourth-order valence-electron chi connectivity index (χ4n) is 3.95. The van der Waals surface area contributed by atoms with E-state index in [4.69, 9.17) is 4.74 Å². The number of amides is 2. The Morgan fingerprint density at radius 2 is 1.69 bits per heavy atom. The predicted molar refractivity (Wildman–Crippen MR) is 104 cm³/mol. The molecule has 150 valence electrons. The molecule has 0 spiro atoms. The SMILES string of the molecule is Cc1cc(C(=O)COC(=O)[C@@H](C)N2C(=O)c3ccccc3C2=O)c(C)n1C1CC1. The van der Waals surface area contributed by atoms with Gasteiger partial charge in [0.25, 0.3) is 11.8 Å². The monoisotopic (exact) mass is 394 g/mol. The number of hydrogen-bond acceptors (Lipinski definition) is 5. The summed E-state index contributed by atoms with van der Waals surface area (Å²) in [5.74, 6) is -2.15. The molecule has 2 heterocycles. The lowest BCUT2D eigenvalue weighted by Crippen LogP contribution is -2.44. The molecule has 2 aromatic rings. The highest BCUT2D eigenvalue weighted by Crippen LogP contribution is 2.38. The van der Waals surface area contributed by atoms with Gasteiger partial charge in [-0.05, 0) is 51.8 Å². The van der Waals surface area contributed by atoms with Crippen LogP contribution in [0.2, 0.25) is 0 Å². The van der Waals surface area contributed by atoms with Gasteiger partial charge in [0.15, 0.2) is 6.61 Å². The summed E-state index contributed by atoms with van der Waals surface area (Å²) in [5, 5.41) is 0. The average molecular weight is 394 g/mol. The molecular weight excluding hydrogens is 372 g/mol. The predicted octanol–water partition coefficient (Wildman–Crippen LogP) is 2.85. The van der Waals surface area contributed by atoms with E-state index in [2.05, 4.69) is 4.57 Å². The van der Waals surface area contributed by atoms with Gasteiger partial charge in [-0.25, -0.2) is 4.79 Å². The van der Waals surface area contributed by atoms with Crippen molar-refractivity contribution in [2.24, 2.45) is 0 Å². The van der Waals surface area contributed by atoms with Gasteiger partial charge in [-0.15, -0.1) is 0 Å². The van der Waals surface area contributed by atoms with Gasteiger partial charge in [0.1, 0.15) is 6.04 Å². The van der Waals surface area contributed by atoms with Crippen LogP contribution in [-0.2, 0) is 9.53 Å². The first-order valence-corrected chi connectivity index (χ1v) is 9.66. The number of fused-ring (bicyclic) bond motifs is 1. The van der Waals surface area contributed by atoms with E-state index in [-0.39, 0.29) is 16.9 Å². The summed E-state index contributed by atoms with van der Waals surface area (Å²) in [6.07, 6.45) is 2.22. The summed E-state index contributed by atoms with van der Waals surface area (Å²) in [5.41, 5.74) is 2.95. The molecule has 29 heavy (non-hydrogen) atoms. The number of benzene rings is 1. The molecule has 1 saturated carbocycles. The Balaban J connectivity index is 1.43. The van der Waals surface area contributed by atoms with E-state index in [1.54, 1.807) is 24.3 Å². The fraction of sp³-hybridized carbons (Fsp3) is 0.364. The average Bonchev–Trinajstić information content (AvgIpc) is 3.45. The number of Topliss-reactive ketones (excluding diaryl/α,β-unsaturated/α-hetero) is 1. The van der Waals surface area contributed by atoms with Crippen molar-refractivity contribution in [1.82, 2.24) is 9.47 Å². The van der Waals surface area contributed by atoms with Crippen LogP contribution in [0.4, 0.5) is 0 Å². The minimum absolute atomic E-state index is 0.265. The summed E-state index contributed by atoms with van der Waals surface area (Å²) in [4.78, 5) is 50.9. The van der Waals surface area contributed by atoms with Crippen molar-refractivity contribution in [3.8, 4) is 0 Å². The number of carbonyl (C=O) groups is 4. The van der Waals surface area contributed by atoms with Crippen molar-refractivity contribution in [2.75, 3.05) is 6.61 Å². The summed E-state index contributed by atoms with van der Waals surface area (Å²) >= 11 is 0. The summed E-state index contributed by atoms with van der Waals surface area (Å²) in [6, 6.07) is 7.57. The van der Waals surface area contributed by atoms with E-state index in [0.29, 0.717) is 11.6 Å². The van der Waals surface area contributed by atoms with E-state index < -0.39 is 30.4 Å². The van der Waals surface area contributed by atoms with E-state index in [0.717, 1.165) is 29.1 Å². The zero-order valence-corrected chi connectivity index (χ0v) is 16.6. The van der Waals surface area contributed by atoms with Crippen molar-refractivity contribution in [1.29, 1.82) is 0 Å². The van der Waals surface area contributed by atoms with E-state index >= 15 is 0 Å². The molecule has 1 aromatic heterocycles. The molecule has 1 atom stereocenters. The molecule has 7 heteroatoms. The standard InChI is InChI=1S/C22H22N2O5/c1-12-10-18(13(2)23(12)15-8-9-15)19(25)11-29-22(28)14(3)24-20(26)16-6-4-5-7-17(16)21(24)27/h4-7,10,14-15H,8-9,11H2,1-3H3/t14-/m1/s1. The molecule has 0 unspecified atom stereocenters. The lowest BCUT2D eigenvalue weighted by atomic mass is 10.1. The third-order valence-electron chi connectivity index (χ3n) is 5.60. The lowest BCUT2D eigenvalue weighted by Gasteiger charge is -2.20. The molecular formula is C22H22N2O5. The quantitative estimate of drug-likeness (QED) is 0.427. The minimum atomic E-state index is -1.12. The van der Waals surface area contributed by atoms with Crippen molar-refractivity contribution in [3.63, 3.8) is 0 Å². The zero-order valence-electron chi connectivity index (χ0n) is 16.6. The first-order chi connectivity index (χ1) is 13.8. The van der Waals surface area contributed by atoms with Crippen LogP contribution in [0, 0.1) is 13.8 Å². The first-order valence-electron chi connectivity index (χ1n) is 9.66. The Hall–Kier alpha value is -3.22. The van der Waals surface area contributed by atoms with Gasteiger partial charge in [-0.3, -0.25) is 19.3 Å². The molecule has 7 nitrogen and oxygen atoms in total. The van der Waals surface area contributed by atoms with Crippen molar-refractivity contribution in [2.45, 2.75) is 45.7 Å². The third-order valence-corrected chi connectivity index (χ3v) is 5.60. The maximum absolute atomic E-state index is 12.6. The second-order valence-corrected chi connectivity index (χ2v) is 7.62. The number of ether oxygens (including phenoxy) is 1. The maximum Gasteiger partial charge on any atom is 0.329 e. The summed E-state index contributed by atoms with van der Waals surface area (Å²) in [6.45, 7) is 4.84. The number of nitrogens with zero attached hydrogens (tertiary/aromatic N) is 2. The highest BCUT2D eigenvalue weighted by atomic mass is 16.5. The molecule has 0 N–H and O–H groups in total. The lowest BCUT2D eigenvalue weighted by molar-refractivity contribution is -0.146. The molecule has 2 aliphatic rings. The molecule has 1 aliphatic heterocycles. The van der Waals surface area contributed by atoms with Crippen LogP contribution in [0.15, 0.2) is 30.3 Å². The smallest absolute Gasteiger partial charge is 0.329 e. The Morgan fingerprint density at radius 1 is 1.10 bits per heavy atom. The second kappa shape index (κ2) is 6.99. The van der Waals surface area contributed by atoms with Gasteiger partial charge >= 0.3 is 5.97 Å². The van der Waals surface area contributed by atoms with Gasteiger partial charge in [0, 0.05) is 23.0 Å². The molecule has 1 aliphatic carbocycles. The largest absolute Gasteiger partial charge is 0.456 e.